The molecular weight excluding hydrogens is 362 g/mol. The number of aryl methyl sites for hydroxylation is 3. The molecule has 2 aromatic carbocycles. The Labute approximate surface area is 170 Å². The molecule has 0 fully saturated rings. The number of hydrogen-bond donors (Lipinski definition) is 3. The Hall–Kier alpha value is -3.79. The number of para-hydroxylation sites is 1. The zero-order valence-corrected chi connectivity index (χ0v) is 16.7. The number of benzene rings is 2. The first-order chi connectivity index (χ1) is 14.0. The Morgan fingerprint density at radius 2 is 1.93 bits per heavy atom. The van der Waals surface area contributed by atoms with Crippen LogP contribution in [0.2, 0.25) is 0 Å². The maximum Gasteiger partial charge on any atom is 0.193 e. The van der Waals surface area contributed by atoms with Crippen LogP contribution in [-0.4, -0.2) is 22.3 Å². The summed E-state index contributed by atoms with van der Waals surface area (Å²) in [6, 6.07) is 17.8. The van der Waals surface area contributed by atoms with Crippen molar-refractivity contribution in [1.82, 2.24) is 9.78 Å². The van der Waals surface area contributed by atoms with Gasteiger partial charge < -0.3 is 16.8 Å². The van der Waals surface area contributed by atoms with E-state index in [1.54, 1.807) is 4.68 Å². The standard InChI is InChI=1S/C22H25N7/c1-15-10-11-17(13-16(15)2)27-22(25)26-12-6-9-20-19(14-23)21(24)29(28-20)18-7-4-3-5-8-18/h3-5,7-8,10-11,13H,6,9,12,24H2,1-2H3,(H3,25,26,27). The average Bonchev–Trinajstić information content (AvgIpc) is 3.04. The fourth-order valence-electron chi connectivity index (χ4n) is 2.99. The quantitative estimate of drug-likeness (QED) is 0.341. The zero-order chi connectivity index (χ0) is 20.8. The van der Waals surface area contributed by atoms with Crippen LogP contribution in [0.3, 0.4) is 0 Å². The largest absolute Gasteiger partial charge is 0.382 e. The lowest BCUT2D eigenvalue weighted by Gasteiger charge is -2.08. The average molecular weight is 387 g/mol. The van der Waals surface area contributed by atoms with Crippen molar-refractivity contribution in [1.29, 1.82) is 5.26 Å². The van der Waals surface area contributed by atoms with Crippen LogP contribution >= 0.6 is 0 Å². The number of guanidine groups is 1. The zero-order valence-electron chi connectivity index (χ0n) is 16.7. The molecule has 0 aliphatic heterocycles. The molecular formula is C22H25N7. The number of nitriles is 1. The molecule has 0 spiro atoms. The van der Waals surface area contributed by atoms with Crippen molar-refractivity contribution in [3.05, 3.63) is 70.9 Å². The molecule has 0 aliphatic rings. The van der Waals surface area contributed by atoms with Gasteiger partial charge in [-0.1, -0.05) is 24.3 Å². The number of nitrogens with zero attached hydrogens (tertiary/aromatic N) is 4. The molecule has 3 aromatic rings. The summed E-state index contributed by atoms with van der Waals surface area (Å²) in [5.74, 6) is 0.719. The van der Waals surface area contributed by atoms with Crippen molar-refractivity contribution in [2.75, 3.05) is 17.6 Å². The van der Waals surface area contributed by atoms with Gasteiger partial charge in [0.15, 0.2) is 5.96 Å². The summed E-state index contributed by atoms with van der Waals surface area (Å²) < 4.78 is 1.60. The Morgan fingerprint density at radius 3 is 2.62 bits per heavy atom. The van der Waals surface area contributed by atoms with Gasteiger partial charge in [0.05, 0.1) is 11.4 Å². The number of aromatic nitrogens is 2. The third-order valence-corrected chi connectivity index (χ3v) is 4.74. The van der Waals surface area contributed by atoms with Crippen molar-refractivity contribution in [2.24, 2.45) is 10.7 Å². The topological polar surface area (TPSA) is 118 Å². The number of anilines is 2. The number of rotatable bonds is 6. The Kier molecular flexibility index (Phi) is 6.15. The predicted octanol–water partition coefficient (Wildman–Crippen LogP) is 3.30. The van der Waals surface area contributed by atoms with E-state index in [0.717, 1.165) is 11.4 Å². The van der Waals surface area contributed by atoms with E-state index < -0.39 is 0 Å². The van der Waals surface area contributed by atoms with Crippen LogP contribution in [0.1, 0.15) is 28.8 Å². The first-order valence-corrected chi connectivity index (χ1v) is 9.46. The molecule has 3 rings (SSSR count). The van der Waals surface area contributed by atoms with Crippen molar-refractivity contribution in [3.8, 4) is 11.8 Å². The lowest BCUT2D eigenvalue weighted by Crippen LogP contribution is -2.23. The Morgan fingerprint density at radius 1 is 1.17 bits per heavy atom. The third-order valence-electron chi connectivity index (χ3n) is 4.74. The summed E-state index contributed by atoms with van der Waals surface area (Å²) in [7, 11) is 0. The van der Waals surface area contributed by atoms with Gasteiger partial charge in [0.2, 0.25) is 0 Å². The second-order valence-corrected chi connectivity index (χ2v) is 6.86. The van der Waals surface area contributed by atoms with Gasteiger partial charge in [-0.3, -0.25) is 4.99 Å². The highest BCUT2D eigenvalue weighted by Gasteiger charge is 2.16. The van der Waals surface area contributed by atoms with Gasteiger partial charge in [-0.15, -0.1) is 0 Å². The number of aliphatic imine (C=N–C) groups is 1. The van der Waals surface area contributed by atoms with E-state index in [1.165, 1.54) is 11.1 Å². The van der Waals surface area contributed by atoms with Gasteiger partial charge in [-0.2, -0.15) is 10.4 Å². The summed E-state index contributed by atoms with van der Waals surface area (Å²) in [5, 5.41) is 17.1. The Bertz CT molecular complexity index is 1060. The van der Waals surface area contributed by atoms with E-state index in [0.29, 0.717) is 42.4 Å². The van der Waals surface area contributed by atoms with Gasteiger partial charge >= 0.3 is 0 Å². The van der Waals surface area contributed by atoms with Crippen molar-refractivity contribution < 1.29 is 0 Å². The lowest BCUT2D eigenvalue weighted by atomic mass is 10.1. The molecule has 7 heteroatoms. The monoisotopic (exact) mass is 387 g/mol. The van der Waals surface area contributed by atoms with E-state index in [-0.39, 0.29) is 0 Å². The number of hydrogen-bond acceptors (Lipinski definition) is 4. The molecule has 7 nitrogen and oxygen atoms in total. The number of nitrogen functional groups attached to an aromatic ring is 1. The predicted molar refractivity (Wildman–Crippen MR) is 117 cm³/mol. The van der Waals surface area contributed by atoms with E-state index in [1.807, 2.05) is 48.5 Å². The molecule has 1 heterocycles. The minimum absolute atomic E-state index is 0.355. The maximum absolute atomic E-state index is 9.47. The second kappa shape index (κ2) is 8.93. The summed E-state index contributed by atoms with van der Waals surface area (Å²) in [6.45, 7) is 4.64. The first-order valence-electron chi connectivity index (χ1n) is 9.46. The van der Waals surface area contributed by atoms with E-state index in [4.69, 9.17) is 11.5 Å². The minimum atomic E-state index is 0.355. The van der Waals surface area contributed by atoms with Gasteiger partial charge in [0.1, 0.15) is 17.5 Å². The van der Waals surface area contributed by atoms with Crippen molar-refractivity contribution in [2.45, 2.75) is 26.7 Å². The Balaban J connectivity index is 1.62. The SMILES string of the molecule is Cc1ccc(NC(N)=NCCCc2nn(-c3ccccc3)c(N)c2C#N)cc1C. The summed E-state index contributed by atoms with van der Waals surface area (Å²) in [5.41, 5.74) is 17.4. The minimum Gasteiger partial charge on any atom is -0.382 e. The fourth-order valence-corrected chi connectivity index (χ4v) is 2.99. The molecule has 0 saturated carbocycles. The van der Waals surface area contributed by atoms with Gasteiger partial charge in [-0.25, -0.2) is 4.68 Å². The fraction of sp³-hybridized carbons (Fsp3) is 0.227. The summed E-state index contributed by atoms with van der Waals surface area (Å²) in [4.78, 5) is 4.36. The molecule has 0 radical (unpaired) electrons. The normalized spacial score (nSPS) is 11.3. The van der Waals surface area contributed by atoms with Gasteiger partial charge in [0.25, 0.3) is 0 Å². The van der Waals surface area contributed by atoms with Crippen LogP contribution in [0.25, 0.3) is 5.69 Å². The highest BCUT2D eigenvalue weighted by Crippen LogP contribution is 2.21. The van der Waals surface area contributed by atoms with Crippen molar-refractivity contribution >= 4 is 17.5 Å². The molecule has 29 heavy (non-hydrogen) atoms. The number of nitrogens with one attached hydrogen (secondary N) is 1. The van der Waals surface area contributed by atoms with Gasteiger partial charge in [-0.05, 0) is 62.1 Å². The van der Waals surface area contributed by atoms with E-state index in [9.17, 15) is 5.26 Å². The molecule has 0 atom stereocenters. The number of nitrogens with two attached hydrogens (primary N) is 2. The molecule has 148 valence electrons. The molecule has 0 saturated heterocycles. The van der Waals surface area contributed by atoms with E-state index in [2.05, 4.69) is 35.3 Å². The lowest BCUT2D eigenvalue weighted by molar-refractivity contribution is 0.776. The third kappa shape index (κ3) is 4.74. The highest BCUT2D eigenvalue weighted by atomic mass is 15.3. The van der Waals surface area contributed by atoms with Crippen molar-refractivity contribution in [3.63, 3.8) is 0 Å². The van der Waals surface area contributed by atoms with Crippen LogP contribution in [0.4, 0.5) is 11.5 Å². The maximum atomic E-state index is 9.47. The van der Waals surface area contributed by atoms with Crippen LogP contribution in [0, 0.1) is 25.2 Å². The molecule has 0 amide bonds. The highest BCUT2D eigenvalue weighted by molar-refractivity contribution is 5.92. The molecule has 0 bridgehead atoms. The van der Waals surface area contributed by atoms with E-state index >= 15 is 0 Å². The van der Waals surface area contributed by atoms with Gasteiger partial charge in [0, 0.05) is 12.2 Å². The molecule has 0 unspecified atom stereocenters. The summed E-state index contributed by atoms with van der Waals surface area (Å²) >= 11 is 0. The molecule has 1 aromatic heterocycles. The smallest absolute Gasteiger partial charge is 0.193 e. The second-order valence-electron chi connectivity index (χ2n) is 6.86. The molecule has 5 N–H and O–H groups in total. The van der Waals surface area contributed by atoms with Crippen LogP contribution in [0.15, 0.2) is 53.5 Å². The van der Waals surface area contributed by atoms with Crippen LogP contribution in [0.5, 0.6) is 0 Å². The van der Waals surface area contributed by atoms with Crippen LogP contribution < -0.4 is 16.8 Å². The molecule has 0 aliphatic carbocycles. The first kappa shape index (κ1) is 20.0. The van der Waals surface area contributed by atoms with Crippen LogP contribution in [-0.2, 0) is 6.42 Å². The summed E-state index contributed by atoms with van der Waals surface area (Å²) in [6.07, 6.45) is 1.29.